The minimum Gasteiger partial charge on any atom is -0.476 e. The van der Waals surface area contributed by atoms with Crippen molar-refractivity contribution in [3.05, 3.63) is 11.9 Å². The molecule has 0 atom stereocenters. The van der Waals surface area contributed by atoms with Gasteiger partial charge in [0, 0.05) is 26.1 Å². The van der Waals surface area contributed by atoms with E-state index in [1.807, 2.05) is 0 Å². The van der Waals surface area contributed by atoms with Gasteiger partial charge in [-0.3, -0.25) is 4.79 Å². The number of carbonyl (C=O) groups is 3. The molecule has 0 aromatic carbocycles. The van der Waals surface area contributed by atoms with Crippen LogP contribution in [0.4, 0.5) is 4.79 Å². The van der Waals surface area contributed by atoms with Gasteiger partial charge < -0.3 is 21.1 Å². The van der Waals surface area contributed by atoms with Crippen LogP contribution in [0.5, 0.6) is 0 Å². The van der Waals surface area contributed by atoms with Gasteiger partial charge in [-0.15, -0.1) is 5.10 Å². The highest BCUT2D eigenvalue weighted by Gasteiger charge is 2.33. The Kier molecular flexibility index (Phi) is 3.82. The van der Waals surface area contributed by atoms with E-state index in [-0.39, 0.29) is 30.7 Å². The van der Waals surface area contributed by atoms with E-state index in [1.54, 1.807) is 0 Å². The molecule has 1 aliphatic rings. The summed E-state index contributed by atoms with van der Waals surface area (Å²) in [6.07, 6.45) is 1.42. The number of aromatic nitrogens is 3. The fourth-order valence-corrected chi connectivity index (χ4v) is 1.75. The molecule has 0 saturated carbocycles. The molecule has 2 heterocycles. The smallest absolute Gasteiger partial charge is 0.358 e. The standard InChI is InChI=1S/C10H14N6O4/c11-8(17)1-2-12-10(20)15-3-6(4-15)16-5-7(9(18)19)13-14-16/h5-6H,1-4H2,(H2,11,17)(H,12,20)(H,18,19). The molecule has 10 nitrogen and oxygen atoms in total. The Morgan fingerprint density at radius 3 is 2.70 bits per heavy atom. The van der Waals surface area contributed by atoms with Gasteiger partial charge in [0.05, 0.1) is 12.2 Å². The second-order valence-electron chi connectivity index (χ2n) is 4.40. The molecule has 0 radical (unpaired) electrons. The van der Waals surface area contributed by atoms with Crippen LogP contribution in [0.3, 0.4) is 0 Å². The molecule has 20 heavy (non-hydrogen) atoms. The Labute approximate surface area is 113 Å². The fraction of sp³-hybridized carbons (Fsp3) is 0.500. The lowest BCUT2D eigenvalue weighted by Crippen LogP contribution is -2.54. The molecule has 0 spiro atoms. The number of hydrogen-bond acceptors (Lipinski definition) is 5. The number of urea groups is 1. The molecule has 0 unspecified atom stereocenters. The highest BCUT2D eigenvalue weighted by molar-refractivity contribution is 5.84. The second-order valence-corrected chi connectivity index (χ2v) is 4.40. The number of primary amides is 1. The van der Waals surface area contributed by atoms with Gasteiger partial charge in [-0.1, -0.05) is 5.21 Å². The van der Waals surface area contributed by atoms with Crippen molar-refractivity contribution in [1.29, 1.82) is 0 Å². The molecule has 108 valence electrons. The normalized spacial score (nSPS) is 14.7. The lowest BCUT2D eigenvalue weighted by atomic mass is 10.1. The van der Waals surface area contributed by atoms with Crippen molar-refractivity contribution in [3.8, 4) is 0 Å². The van der Waals surface area contributed by atoms with E-state index in [9.17, 15) is 14.4 Å². The van der Waals surface area contributed by atoms with Crippen molar-refractivity contribution in [1.82, 2.24) is 25.2 Å². The monoisotopic (exact) mass is 282 g/mol. The molecule has 1 aliphatic heterocycles. The Balaban J connectivity index is 1.77. The summed E-state index contributed by atoms with van der Waals surface area (Å²) in [7, 11) is 0. The third-order valence-corrected chi connectivity index (χ3v) is 2.90. The number of carboxylic acid groups (broad SMARTS) is 1. The van der Waals surface area contributed by atoms with Gasteiger partial charge in [0.1, 0.15) is 0 Å². The summed E-state index contributed by atoms with van der Waals surface area (Å²) >= 11 is 0. The number of rotatable bonds is 5. The number of carbonyl (C=O) groups excluding carboxylic acids is 2. The average molecular weight is 282 g/mol. The summed E-state index contributed by atoms with van der Waals surface area (Å²) in [6.45, 7) is 1.01. The van der Waals surface area contributed by atoms with Crippen LogP contribution in [-0.4, -0.2) is 62.5 Å². The molecule has 1 fully saturated rings. The van der Waals surface area contributed by atoms with E-state index in [2.05, 4.69) is 15.6 Å². The lowest BCUT2D eigenvalue weighted by Gasteiger charge is -2.38. The molecule has 10 heteroatoms. The van der Waals surface area contributed by atoms with E-state index in [0.29, 0.717) is 13.1 Å². The number of nitrogens with zero attached hydrogens (tertiary/aromatic N) is 4. The predicted molar refractivity (Wildman–Crippen MR) is 64.8 cm³/mol. The first-order valence-corrected chi connectivity index (χ1v) is 5.93. The Bertz CT molecular complexity index is 536. The van der Waals surface area contributed by atoms with Crippen LogP contribution in [0.1, 0.15) is 23.0 Å². The summed E-state index contributed by atoms with van der Waals surface area (Å²) < 4.78 is 1.43. The van der Waals surface area contributed by atoms with Gasteiger partial charge in [-0.2, -0.15) is 0 Å². The maximum absolute atomic E-state index is 11.6. The minimum absolute atomic E-state index is 0.0857. The van der Waals surface area contributed by atoms with Crippen LogP contribution >= 0.6 is 0 Å². The Hall–Kier alpha value is -2.65. The highest BCUT2D eigenvalue weighted by Crippen LogP contribution is 2.20. The zero-order valence-corrected chi connectivity index (χ0v) is 10.5. The van der Waals surface area contributed by atoms with Gasteiger partial charge in [0.25, 0.3) is 0 Å². The summed E-state index contributed by atoms with van der Waals surface area (Å²) in [5, 5.41) is 18.5. The summed E-state index contributed by atoms with van der Waals surface area (Å²) in [6, 6.07) is -0.376. The van der Waals surface area contributed by atoms with Gasteiger partial charge >= 0.3 is 12.0 Å². The largest absolute Gasteiger partial charge is 0.476 e. The van der Waals surface area contributed by atoms with Gasteiger partial charge in [-0.25, -0.2) is 14.3 Å². The van der Waals surface area contributed by atoms with Crippen molar-refractivity contribution in [2.45, 2.75) is 12.5 Å². The summed E-state index contributed by atoms with van der Waals surface area (Å²) in [5.41, 5.74) is 4.83. The van der Waals surface area contributed by atoms with Gasteiger partial charge in [0.15, 0.2) is 5.69 Å². The molecule has 0 aliphatic carbocycles. The SMILES string of the molecule is NC(=O)CCNC(=O)N1CC(n2cc(C(=O)O)nn2)C1. The van der Waals surface area contributed by atoms with Crippen molar-refractivity contribution in [3.63, 3.8) is 0 Å². The zero-order chi connectivity index (χ0) is 14.7. The van der Waals surface area contributed by atoms with Crippen molar-refractivity contribution in [2.24, 2.45) is 5.73 Å². The first-order chi connectivity index (χ1) is 9.47. The van der Waals surface area contributed by atoms with Crippen molar-refractivity contribution in [2.75, 3.05) is 19.6 Å². The van der Waals surface area contributed by atoms with Crippen LogP contribution in [-0.2, 0) is 4.79 Å². The first kappa shape index (κ1) is 13.8. The number of hydrogen-bond donors (Lipinski definition) is 3. The fourth-order valence-electron chi connectivity index (χ4n) is 1.75. The van der Waals surface area contributed by atoms with E-state index >= 15 is 0 Å². The van der Waals surface area contributed by atoms with Gasteiger partial charge in [-0.05, 0) is 0 Å². The molecule has 2 rings (SSSR count). The summed E-state index contributed by atoms with van der Waals surface area (Å²) in [4.78, 5) is 34.3. The molecule has 1 aromatic heterocycles. The number of amides is 3. The number of nitrogens with two attached hydrogens (primary N) is 1. The number of likely N-dealkylation sites (tertiary alicyclic amines) is 1. The average Bonchev–Trinajstić information content (AvgIpc) is 2.75. The van der Waals surface area contributed by atoms with Crippen LogP contribution in [0, 0.1) is 0 Å². The van der Waals surface area contributed by atoms with E-state index in [1.165, 1.54) is 15.8 Å². The minimum atomic E-state index is -1.14. The predicted octanol–water partition coefficient (Wildman–Crippen LogP) is -1.58. The Morgan fingerprint density at radius 1 is 1.45 bits per heavy atom. The van der Waals surface area contributed by atoms with Crippen LogP contribution < -0.4 is 11.1 Å². The third kappa shape index (κ3) is 3.02. The molecule has 4 N–H and O–H groups in total. The Morgan fingerprint density at radius 2 is 2.15 bits per heavy atom. The van der Waals surface area contributed by atoms with E-state index < -0.39 is 11.9 Å². The van der Waals surface area contributed by atoms with Crippen molar-refractivity contribution >= 4 is 17.9 Å². The molecule has 1 saturated heterocycles. The van der Waals surface area contributed by atoms with E-state index in [4.69, 9.17) is 10.8 Å². The number of nitrogens with one attached hydrogen (secondary N) is 1. The highest BCUT2D eigenvalue weighted by atomic mass is 16.4. The molecule has 0 bridgehead atoms. The van der Waals surface area contributed by atoms with Crippen LogP contribution in [0.2, 0.25) is 0 Å². The maximum Gasteiger partial charge on any atom is 0.358 e. The van der Waals surface area contributed by atoms with Crippen LogP contribution in [0.25, 0.3) is 0 Å². The van der Waals surface area contributed by atoms with Gasteiger partial charge in [0.2, 0.25) is 5.91 Å². The van der Waals surface area contributed by atoms with Crippen LogP contribution in [0.15, 0.2) is 6.20 Å². The lowest BCUT2D eigenvalue weighted by molar-refractivity contribution is -0.117. The molecule has 1 aromatic rings. The first-order valence-electron chi connectivity index (χ1n) is 5.93. The second kappa shape index (κ2) is 5.55. The number of aromatic carboxylic acids is 1. The quantitative estimate of drug-likeness (QED) is 0.594. The maximum atomic E-state index is 11.6. The summed E-state index contributed by atoms with van der Waals surface area (Å²) in [5.74, 6) is -1.62. The number of carboxylic acids is 1. The zero-order valence-electron chi connectivity index (χ0n) is 10.5. The topological polar surface area (TPSA) is 143 Å². The van der Waals surface area contributed by atoms with Crippen molar-refractivity contribution < 1.29 is 19.5 Å². The molecular formula is C10H14N6O4. The third-order valence-electron chi connectivity index (χ3n) is 2.90. The molecular weight excluding hydrogens is 268 g/mol. The van der Waals surface area contributed by atoms with E-state index in [0.717, 1.165) is 0 Å². The molecule has 3 amide bonds.